The van der Waals surface area contributed by atoms with Gasteiger partial charge in [-0.3, -0.25) is 14.9 Å². The molecule has 0 bridgehead atoms. The standard InChI is InChI=1S/C12H14N2O3/c1-17-10-5-3-2-4-8(10)7-13-9-6-11(15)14-12(9)16/h2-5,9,13H,6-7H2,1H3,(H,14,15,16). The van der Waals surface area contributed by atoms with E-state index in [1.54, 1.807) is 7.11 Å². The van der Waals surface area contributed by atoms with Gasteiger partial charge >= 0.3 is 0 Å². The molecular formula is C12H14N2O3. The van der Waals surface area contributed by atoms with Crippen molar-refractivity contribution in [2.24, 2.45) is 0 Å². The number of nitrogens with one attached hydrogen (secondary N) is 2. The Kier molecular flexibility index (Phi) is 3.39. The molecule has 1 unspecified atom stereocenters. The number of para-hydroxylation sites is 1. The first-order chi connectivity index (χ1) is 8.20. The van der Waals surface area contributed by atoms with Crippen LogP contribution in [0.15, 0.2) is 24.3 Å². The molecule has 2 rings (SSSR count). The quantitative estimate of drug-likeness (QED) is 0.730. The largest absolute Gasteiger partial charge is 0.496 e. The van der Waals surface area contributed by atoms with E-state index in [0.29, 0.717) is 6.54 Å². The van der Waals surface area contributed by atoms with Gasteiger partial charge in [0.05, 0.1) is 19.6 Å². The minimum Gasteiger partial charge on any atom is -0.496 e. The third-order valence-corrected chi connectivity index (χ3v) is 2.70. The molecular weight excluding hydrogens is 220 g/mol. The van der Waals surface area contributed by atoms with Crippen LogP contribution in [0, 0.1) is 0 Å². The first-order valence-electron chi connectivity index (χ1n) is 5.39. The first kappa shape index (κ1) is 11.6. The van der Waals surface area contributed by atoms with Crippen molar-refractivity contribution in [2.75, 3.05) is 7.11 Å². The van der Waals surface area contributed by atoms with Gasteiger partial charge in [-0.1, -0.05) is 18.2 Å². The van der Waals surface area contributed by atoms with Crippen molar-refractivity contribution in [3.05, 3.63) is 29.8 Å². The van der Waals surface area contributed by atoms with Crippen LogP contribution in [0.4, 0.5) is 0 Å². The van der Waals surface area contributed by atoms with Gasteiger partial charge in [0.1, 0.15) is 5.75 Å². The van der Waals surface area contributed by atoms with Gasteiger partial charge in [-0.15, -0.1) is 0 Å². The van der Waals surface area contributed by atoms with Crippen LogP contribution in [0.25, 0.3) is 0 Å². The Morgan fingerprint density at radius 2 is 2.18 bits per heavy atom. The fourth-order valence-electron chi connectivity index (χ4n) is 1.80. The van der Waals surface area contributed by atoms with Crippen molar-refractivity contribution in [1.82, 2.24) is 10.6 Å². The number of imide groups is 1. The normalized spacial score (nSPS) is 19.2. The molecule has 1 aliphatic rings. The van der Waals surface area contributed by atoms with Gasteiger partial charge in [-0.2, -0.15) is 0 Å². The average molecular weight is 234 g/mol. The highest BCUT2D eigenvalue weighted by molar-refractivity contribution is 6.05. The van der Waals surface area contributed by atoms with Crippen LogP contribution >= 0.6 is 0 Å². The summed E-state index contributed by atoms with van der Waals surface area (Å²) >= 11 is 0. The molecule has 17 heavy (non-hydrogen) atoms. The highest BCUT2D eigenvalue weighted by atomic mass is 16.5. The number of carbonyl (C=O) groups is 2. The van der Waals surface area contributed by atoms with Crippen molar-refractivity contribution >= 4 is 11.8 Å². The van der Waals surface area contributed by atoms with Crippen molar-refractivity contribution < 1.29 is 14.3 Å². The topological polar surface area (TPSA) is 67.4 Å². The zero-order chi connectivity index (χ0) is 12.3. The second kappa shape index (κ2) is 4.97. The summed E-state index contributed by atoms with van der Waals surface area (Å²) in [6.45, 7) is 0.495. The third kappa shape index (κ3) is 2.62. The molecule has 0 saturated carbocycles. The van der Waals surface area contributed by atoms with Gasteiger partial charge in [0.2, 0.25) is 11.8 Å². The van der Waals surface area contributed by atoms with Crippen LogP contribution in [0.3, 0.4) is 0 Å². The molecule has 0 aromatic heterocycles. The van der Waals surface area contributed by atoms with Crippen molar-refractivity contribution in [3.8, 4) is 5.75 Å². The van der Waals surface area contributed by atoms with Gasteiger partial charge in [-0.25, -0.2) is 0 Å². The van der Waals surface area contributed by atoms with E-state index in [9.17, 15) is 9.59 Å². The number of carbonyl (C=O) groups excluding carboxylic acids is 2. The van der Waals surface area contributed by atoms with Gasteiger partial charge in [0, 0.05) is 12.1 Å². The molecule has 0 spiro atoms. The fraction of sp³-hybridized carbons (Fsp3) is 0.333. The Morgan fingerprint density at radius 1 is 1.41 bits per heavy atom. The molecule has 1 aliphatic heterocycles. The molecule has 0 radical (unpaired) electrons. The lowest BCUT2D eigenvalue weighted by Crippen LogP contribution is -2.35. The van der Waals surface area contributed by atoms with E-state index in [1.165, 1.54) is 0 Å². The summed E-state index contributed by atoms with van der Waals surface area (Å²) in [5.41, 5.74) is 0.960. The fourth-order valence-corrected chi connectivity index (χ4v) is 1.80. The molecule has 5 heteroatoms. The zero-order valence-corrected chi connectivity index (χ0v) is 9.53. The molecule has 90 valence electrons. The van der Waals surface area contributed by atoms with E-state index in [2.05, 4.69) is 10.6 Å². The summed E-state index contributed by atoms with van der Waals surface area (Å²) in [4.78, 5) is 22.3. The average Bonchev–Trinajstić information content (AvgIpc) is 2.65. The molecule has 1 heterocycles. The second-order valence-corrected chi connectivity index (χ2v) is 3.86. The molecule has 1 aromatic carbocycles. The smallest absolute Gasteiger partial charge is 0.244 e. The first-order valence-corrected chi connectivity index (χ1v) is 5.39. The van der Waals surface area contributed by atoms with Gasteiger partial charge < -0.3 is 10.1 Å². The second-order valence-electron chi connectivity index (χ2n) is 3.86. The van der Waals surface area contributed by atoms with E-state index in [0.717, 1.165) is 11.3 Å². The Morgan fingerprint density at radius 3 is 2.82 bits per heavy atom. The van der Waals surface area contributed by atoms with Crippen molar-refractivity contribution in [2.45, 2.75) is 19.0 Å². The Hall–Kier alpha value is -1.88. The lowest BCUT2D eigenvalue weighted by molar-refractivity contribution is -0.125. The summed E-state index contributed by atoms with van der Waals surface area (Å²) in [5.74, 6) is 0.280. The molecule has 1 fully saturated rings. The third-order valence-electron chi connectivity index (χ3n) is 2.70. The number of hydrogen-bond donors (Lipinski definition) is 2. The molecule has 1 aromatic rings. The SMILES string of the molecule is COc1ccccc1CNC1CC(=O)NC1=O. The van der Waals surface area contributed by atoms with Crippen LogP contribution < -0.4 is 15.4 Å². The van der Waals surface area contributed by atoms with E-state index in [1.807, 2.05) is 24.3 Å². The summed E-state index contributed by atoms with van der Waals surface area (Å²) in [5, 5.41) is 5.30. The molecule has 2 N–H and O–H groups in total. The Balaban J connectivity index is 1.98. The molecule has 0 aliphatic carbocycles. The van der Waals surface area contributed by atoms with Crippen LogP contribution in [-0.2, 0) is 16.1 Å². The van der Waals surface area contributed by atoms with Gasteiger partial charge in [-0.05, 0) is 6.07 Å². The molecule has 5 nitrogen and oxygen atoms in total. The Bertz CT molecular complexity index is 445. The molecule has 2 amide bonds. The zero-order valence-electron chi connectivity index (χ0n) is 9.53. The number of amides is 2. The number of hydrogen-bond acceptors (Lipinski definition) is 4. The summed E-state index contributed by atoms with van der Waals surface area (Å²) in [6.07, 6.45) is 0.202. The predicted octanol–water partition coefficient (Wildman–Crippen LogP) is 0.200. The lowest BCUT2D eigenvalue weighted by Gasteiger charge is -2.11. The van der Waals surface area contributed by atoms with Crippen LogP contribution in [0.2, 0.25) is 0 Å². The maximum atomic E-state index is 11.3. The highest BCUT2D eigenvalue weighted by Gasteiger charge is 2.29. The summed E-state index contributed by atoms with van der Waals surface area (Å²) in [7, 11) is 1.60. The minimum absolute atomic E-state index is 0.202. The van der Waals surface area contributed by atoms with E-state index >= 15 is 0 Å². The highest BCUT2D eigenvalue weighted by Crippen LogP contribution is 2.17. The Labute approximate surface area is 99.2 Å². The van der Waals surface area contributed by atoms with Crippen LogP contribution in [0.5, 0.6) is 5.75 Å². The van der Waals surface area contributed by atoms with Gasteiger partial charge in [0.15, 0.2) is 0 Å². The monoisotopic (exact) mass is 234 g/mol. The maximum Gasteiger partial charge on any atom is 0.244 e. The van der Waals surface area contributed by atoms with Crippen LogP contribution in [0.1, 0.15) is 12.0 Å². The summed E-state index contributed by atoms with van der Waals surface area (Å²) < 4.78 is 5.20. The van der Waals surface area contributed by atoms with Gasteiger partial charge in [0.25, 0.3) is 0 Å². The summed E-state index contributed by atoms with van der Waals surface area (Å²) in [6, 6.07) is 7.12. The lowest BCUT2D eigenvalue weighted by atomic mass is 10.1. The number of ether oxygens (including phenoxy) is 1. The van der Waals surface area contributed by atoms with E-state index in [4.69, 9.17) is 4.74 Å². The van der Waals surface area contributed by atoms with E-state index < -0.39 is 6.04 Å². The number of rotatable bonds is 4. The van der Waals surface area contributed by atoms with Crippen molar-refractivity contribution in [3.63, 3.8) is 0 Å². The van der Waals surface area contributed by atoms with E-state index in [-0.39, 0.29) is 18.2 Å². The minimum atomic E-state index is -0.438. The maximum absolute atomic E-state index is 11.3. The van der Waals surface area contributed by atoms with Crippen molar-refractivity contribution in [1.29, 1.82) is 0 Å². The number of methoxy groups -OCH3 is 1. The van der Waals surface area contributed by atoms with Crippen LogP contribution in [-0.4, -0.2) is 25.0 Å². The predicted molar refractivity (Wildman–Crippen MR) is 61.4 cm³/mol. The molecule has 1 saturated heterocycles. The number of benzene rings is 1. The molecule has 1 atom stereocenters.